The summed E-state index contributed by atoms with van der Waals surface area (Å²) in [5.41, 5.74) is 1.73. The number of carbonyl (C=O) groups is 1. The van der Waals surface area contributed by atoms with Gasteiger partial charge in [0.2, 0.25) is 0 Å². The van der Waals surface area contributed by atoms with Gasteiger partial charge in [-0.25, -0.2) is 0 Å². The lowest BCUT2D eigenvalue weighted by Crippen LogP contribution is -2.30. The predicted molar refractivity (Wildman–Crippen MR) is 92.2 cm³/mol. The molecule has 1 atom stereocenters. The summed E-state index contributed by atoms with van der Waals surface area (Å²) >= 11 is 0. The van der Waals surface area contributed by atoms with Crippen LogP contribution in [0.3, 0.4) is 0 Å². The van der Waals surface area contributed by atoms with Gasteiger partial charge in [0, 0.05) is 13.1 Å². The minimum atomic E-state index is -0.0965. The highest BCUT2D eigenvalue weighted by atomic mass is 16.5. The van der Waals surface area contributed by atoms with E-state index in [4.69, 9.17) is 9.15 Å². The van der Waals surface area contributed by atoms with E-state index in [1.807, 2.05) is 31.2 Å². The predicted octanol–water partition coefficient (Wildman–Crippen LogP) is 2.85. The van der Waals surface area contributed by atoms with E-state index in [-0.39, 0.29) is 12.5 Å². The molecule has 1 fully saturated rings. The highest BCUT2D eigenvalue weighted by Gasteiger charge is 2.21. The zero-order valence-electron chi connectivity index (χ0n) is 14.2. The standard InChI is InChI=1S/C19H24N2O3/c1-14-3-5-16(6-4-14)24-13-18-17(8-10-23-18)19(22)20-11-15-7-9-21(2)12-15/h3-6,8,10,15H,7,9,11-13H2,1-2H3,(H,20,22). The first-order valence-electron chi connectivity index (χ1n) is 8.34. The maximum atomic E-state index is 12.4. The molecule has 2 aromatic rings. The Morgan fingerprint density at radius 3 is 2.83 bits per heavy atom. The maximum absolute atomic E-state index is 12.4. The molecule has 5 nitrogen and oxygen atoms in total. The molecule has 1 aliphatic heterocycles. The third-order valence-corrected chi connectivity index (χ3v) is 4.42. The Labute approximate surface area is 142 Å². The number of nitrogens with one attached hydrogen (secondary N) is 1. The second-order valence-electron chi connectivity index (χ2n) is 6.49. The lowest BCUT2D eigenvalue weighted by molar-refractivity contribution is 0.0943. The average Bonchev–Trinajstić information content (AvgIpc) is 3.21. The lowest BCUT2D eigenvalue weighted by atomic mass is 10.1. The summed E-state index contributed by atoms with van der Waals surface area (Å²) in [5.74, 6) is 1.74. The van der Waals surface area contributed by atoms with E-state index in [0.29, 0.717) is 23.8 Å². The van der Waals surface area contributed by atoms with Crippen molar-refractivity contribution in [3.05, 3.63) is 53.5 Å². The van der Waals surface area contributed by atoms with Gasteiger partial charge in [0.1, 0.15) is 12.4 Å². The number of benzene rings is 1. The van der Waals surface area contributed by atoms with Crippen molar-refractivity contribution in [3.63, 3.8) is 0 Å². The van der Waals surface area contributed by atoms with Crippen LogP contribution in [0, 0.1) is 12.8 Å². The SMILES string of the molecule is Cc1ccc(OCc2occc2C(=O)NCC2CCN(C)C2)cc1. The highest BCUT2D eigenvalue weighted by Crippen LogP contribution is 2.17. The van der Waals surface area contributed by atoms with Crippen molar-refractivity contribution in [2.45, 2.75) is 20.0 Å². The number of amides is 1. The second-order valence-corrected chi connectivity index (χ2v) is 6.49. The second kappa shape index (κ2) is 7.53. The molecule has 0 aliphatic carbocycles. The molecule has 1 saturated heterocycles. The van der Waals surface area contributed by atoms with Gasteiger partial charge in [-0.15, -0.1) is 0 Å². The first-order chi connectivity index (χ1) is 11.6. The number of nitrogens with zero attached hydrogens (tertiary/aromatic N) is 1. The Bertz CT molecular complexity index is 678. The molecule has 0 bridgehead atoms. The van der Waals surface area contributed by atoms with Gasteiger partial charge in [-0.2, -0.15) is 0 Å². The Kier molecular flexibility index (Phi) is 5.20. The Balaban J connectivity index is 1.54. The molecule has 1 unspecified atom stereocenters. The molecule has 5 heteroatoms. The van der Waals surface area contributed by atoms with Gasteiger partial charge < -0.3 is 19.4 Å². The van der Waals surface area contributed by atoms with Crippen molar-refractivity contribution in [3.8, 4) is 5.75 Å². The molecule has 1 aromatic heterocycles. The fraction of sp³-hybridized carbons (Fsp3) is 0.421. The van der Waals surface area contributed by atoms with Gasteiger partial charge in [0.15, 0.2) is 5.76 Å². The van der Waals surface area contributed by atoms with Gasteiger partial charge >= 0.3 is 0 Å². The van der Waals surface area contributed by atoms with Gasteiger partial charge in [-0.05, 0) is 51.1 Å². The van der Waals surface area contributed by atoms with Crippen molar-refractivity contribution < 1.29 is 13.9 Å². The van der Waals surface area contributed by atoms with E-state index in [1.54, 1.807) is 6.07 Å². The van der Waals surface area contributed by atoms with Gasteiger partial charge in [0.25, 0.3) is 5.91 Å². The fourth-order valence-electron chi connectivity index (χ4n) is 2.96. The van der Waals surface area contributed by atoms with E-state index < -0.39 is 0 Å². The number of rotatable bonds is 6. The van der Waals surface area contributed by atoms with Crippen LogP contribution in [0.4, 0.5) is 0 Å². The smallest absolute Gasteiger partial charge is 0.254 e. The molecule has 0 radical (unpaired) electrons. The Morgan fingerprint density at radius 1 is 1.33 bits per heavy atom. The van der Waals surface area contributed by atoms with E-state index in [2.05, 4.69) is 17.3 Å². The Hall–Kier alpha value is -2.27. The normalized spacial score (nSPS) is 17.8. The van der Waals surface area contributed by atoms with Gasteiger partial charge in [-0.3, -0.25) is 4.79 Å². The van der Waals surface area contributed by atoms with E-state index in [0.717, 1.165) is 25.3 Å². The van der Waals surface area contributed by atoms with E-state index in [9.17, 15) is 4.79 Å². The van der Waals surface area contributed by atoms with Crippen LogP contribution >= 0.6 is 0 Å². The number of ether oxygens (including phenoxy) is 1. The first-order valence-corrected chi connectivity index (χ1v) is 8.34. The zero-order valence-corrected chi connectivity index (χ0v) is 14.2. The van der Waals surface area contributed by atoms with Gasteiger partial charge in [0.05, 0.1) is 11.8 Å². The van der Waals surface area contributed by atoms with Crippen LogP contribution < -0.4 is 10.1 Å². The largest absolute Gasteiger partial charge is 0.486 e. The van der Waals surface area contributed by atoms with Crippen LogP contribution in [0.2, 0.25) is 0 Å². The fourth-order valence-corrected chi connectivity index (χ4v) is 2.96. The molecule has 0 saturated carbocycles. The van der Waals surface area contributed by atoms with Gasteiger partial charge in [-0.1, -0.05) is 17.7 Å². The monoisotopic (exact) mass is 328 g/mol. The minimum Gasteiger partial charge on any atom is -0.486 e. The highest BCUT2D eigenvalue weighted by molar-refractivity contribution is 5.95. The first kappa shape index (κ1) is 16.6. The van der Waals surface area contributed by atoms with Crippen molar-refractivity contribution in [1.29, 1.82) is 0 Å². The molecule has 24 heavy (non-hydrogen) atoms. The van der Waals surface area contributed by atoms with E-state index in [1.165, 1.54) is 11.8 Å². The summed E-state index contributed by atoms with van der Waals surface area (Å²) in [7, 11) is 2.11. The molecule has 1 N–H and O–H groups in total. The van der Waals surface area contributed by atoms with Crippen LogP contribution in [-0.4, -0.2) is 37.5 Å². The van der Waals surface area contributed by atoms with E-state index >= 15 is 0 Å². The topological polar surface area (TPSA) is 54.7 Å². The molecule has 1 amide bonds. The van der Waals surface area contributed by atoms with Crippen LogP contribution in [0.25, 0.3) is 0 Å². The third kappa shape index (κ3) is 4.17. The van der Waals surface area contributed by atoms with Crippen molar-refractivity contribution in [2.24, 2.45) is 5.92 Å². The van der Waals surface area contributed by atoms with Crippen LogP contribution in [0.1, 0.15) is 28.1 Å². The quantitative estimate of drug-likeness (QED) is 0.886. The Morgan fingerprint density at radius 2 is 2.12 bits per heavy atom. The number of hydrogen-bond donors (Lipinski definition) is 1. The summed E-state index contributed by atoms with van der Waals surface area (Å²) in [6.07, 6.45) is 2.66. The minimum absolute atomic E-state index is 0.0965. The van der Waals surface area contributed by atoms with Crippen molar-refractivity contribution in [1.82, 2.24) is 10.2 Å². The summed E-state index contributed by atoms with van der Waals surface area (Å²) < 4.78 is 11.1. The molecular weight excluding hydrogens is 304 g/mol. The molecule has 1 aromatic carbocycles. The van der Waals surface area contributed by atoms with Crippen LogP contribution in [0.15, 0.2) is 41.0 Å². The molecule has 128 valence electrons. The van der Waals surface area contributed by atoms with Crippen molar-refractivity contribution >= 4 is 5.91 Å². The number of hydrogen-bond acceptors (Lipinski definition) is 4. The molecule has 3 rings (SSSR count). The molecule has 2 heterocycles. The summed E-state index contributed by atoms with van der Waals surface area (Å²) in [6, 6.07) is 9.50. The summed E-state index contributed by atoms with van der Waals surface area (Å²) in [4.78, 5) is 14.7. The third-order valence-electron chi connectivity index (χ3n) is 4.42. The summed E-state index contributed by atoms with van der Waals surface area (Å²) in [5, 5.41) is 3.01. The number of likely N-dealkylation sites (tertiary alicyclic amines) is 1. The van der Waals surface area contributed by atoms with Crippen molar-refractivity contribution in [2.75, 3.05) is 26.7 Å². The molecule has 0 spiro atoms. The number of carbonyl (C=O) groups excluding carboxylic acids is 1. The maximum Gasteiger partial charge on any atom is 0.254 e. The number of furan rings is 1. The summed E-state index contributed by atoms with van der Waals surface area (Å²) in [6.45, 7) is 5.11. The van der Waals surface area contributed by atoms with Crippen LogP contribution in [-0.2, 0) is 6.61 Å². The lowest BCUT2D eigenvalue weighted by Gasteiger charge is -2.12. The molecular formula is C19H24N2O3. The average molecular weight is 328 g/mol. The number of aryl methyl sites for hydroxylation is 1. The zero-order chi connectivity index (χ0) is 16.9. The van der Waals surface area contributed by atoms with Crippen LogP contribution in [0.5, 0.6) is 5.75 Å². The molecule has 1 aliphatic rings.